The van der Waals surface area contributed by atoms with Gasteiger partial charge in [-0.15, -0.1) is 0 Å². The van der Waals surface area contributed by atoms with Crippen LogP contribution in [-0.4, -0.2) is 57.4 Å². The number of aliphatic hydroxyl groups is 4. The fourth-order valence-electron chi connectivity index (χ4n) is 1.99. The molecule has 0 bridgehead atoms. The number of aliphatic hydroxyl groups excluding tert-OH is 4. The highest BCUT2D eigenvalue weighted by atomic mass is 16.3. The van der Waals surface area contributed by atoms with Gasteiger partial charge in [0.15, 0.2) is 0 Å². The lowest BCUT2D eigenvalue weighted by Crippen LogP contribution is -2.44. The lowest BCUT2D eigenvalue weighted by atomic mass is 10.00. The molecule has 0 radical (unpaired) electrons. The fourth-order valence-corrected chi connectivity index (χ4v) is 1.99. The molecule has 5 N–H and O–H groups in total. The maximum Gasteiger partial charge on any atom is 0.0993 e. The third kappa shape index (κ3) is 2.89. The van der Waals surface area contributed by atoms with Crippen LogP contribution in [0.15, 0.2) is 0 Å². The third-order valence-corrected chi connectivity index (χ3v) is 3.00. The van der Waals surface area contributed by atoms with Crippen LogP contribution in [0.2, 0.25) is 0 Å². The first-order valence-electron chi connectivity index (χ1n) is 5.53. The quantitative estimate of drug-likeness (QED) is 0.392. The van der Waals surface area contributed by atoms with E-state index < -0.39 is 30.4 Å². The summed E-state index contributed by atoms with van der Waals surface area (Å²) in [7, 11) is 0. The number of hydrogen-bond acceptors (Lipinski definition) is 5. The van der Waals surface area contributed by atoms with Crippen LogP contribution in [0.25, 0.3) is 0 Å². The van der Waals surface area contributed by atoms with Crippen molar-refractivity contribution >= 4 is 0 Å². The molecular weight excluding hydrogens is 198 g/mol. The third-order valence-electron chi connectivity index (χ3n) is 3.00. The Kier molecular flexibility index (Phi) is 4.95. The molecule has 5 heteroatoms. The van der Waals surface area contributed by atoms with Crippen molar-refractivity contribution < 1.29 is 20.4 Å². The van der Waals surface area contributed by atoms with Crippen molar-refractivity contribution in [2.45, 2.75) is 56.6 Å². The van der Waals surface area contributed by atoms with E-state index in [1.54, 1.807) is 0 Å². The average molecular weight is 219 g/mol. The number of rotatable bonds is 5. The van der Waals surface area contributed by atoms with Crippen LogP contribution in [0, 0.1) is 0 Å². The van der Waals surface area contributed by atoms with Crippen molar-refractivity contribution in [3.05, 3.63) is 0 Å². The molecule has 90 valence electrons. The lowest BCUT2D eigenvalue weighted by Gasteiger charge is -2.21. The van der Waals surface area contributed by atoms with Gasteiger partial charge in [0.1, 0.15) is 0 Å². The van der Waals surface area contributed by atoms with Gasteiger partial charge in [-0.1, -0.05) is 19.8 Å². The molecule has 5 nitrogen and oxygen atoms in total. The molecule has 5 unspecified atom stereocenters. The Bertz CT molecular complexity index is 190. The number of unbranched alkanes of at least 4 members (excludes halogenated alkanes) is 1. The van der Waals surface area contributed by atoms with Gasteiger partial charge in [0.25, 0.3) is 0 Å². The summed E-state index contributed by atoms with van der Waals surface area (Å²) in [5.41, 5.74) is 0. The average Bonchev–Trinajstić information content (AvgIpc) is 2.52. The van der Waals surface area contributed by atoms with E-state index in [1.807, 2.05) is 6.92 Å². The summed E-state index contributed by atoms with van der Waals surface area (Å²) in [5.74, 6) is 0. The summed E-state index contributed by atoms with van der Waals surface area (Å²) < 4.78 is 0. The van der Waals surface area contributed by atoms with Crippen molar-refractivity contribution in [2.24, 2.45) is 0 Å². The fraction of sp³-hybridized carbons (Fsp3) is 1.00. The smallest absolute Gasteiger partial charge is 0.0993 e. The number of hydrogen-bond donors (Lipinski definition) is 5. The molecule has 1 fully saturated rings. The molecule has 0 aliphatic carbocycles. The molecule has 0 amide bonds. The van der Waals surface area contributed by atoms with Crippen molar-refractivity contribution in [2.75, 3.05) is 6.61 Å². The van der Waals surface area contributed by atoms with Gasteiger partial charge in [0.2, 0.25) is 0 Å². The summed E-state index contributed by atoms with van der Waals surface area (Å²) in [6.45, 7) is 1.78. The SMILES string of the molecule is CCCCC(O)C1NC(CO)C(O)C1O. The highest BCUT2D eigenvalue weighted by Crippen LogP contribution is 2.19. The van der Waals surface area contributed by atoms with Crippen molar-refractivity contribution in [1.29, 1.82) is 0 Å². The van der Waals surface area contributed by atoms with Crippen LogP contribution in [-0.2, 0) is 0 Å². The predicted octanol–water partition coefficient (Wildman–Crippen LogP) is -1.41. The van der Waals surface area contributed by atoms with Crippen LogP contribution in [0.1, 0.15) is 26.2 Å². The van der Waals surface area contributed by atoms with E-state index in [2.05, 4.69) is 5.32 Å². The molecule has 1 aliphatic rings. The van der Waals surface area contributed by atoms with E-state index in [0.717, 1.165) is 12.8 Å². The minimum absolute atomic E-state index is 0.241. The van der Waals surface area contributed by atoms with Crippen LogP contribution in [0.5, 0.6) is 0 Å². The van der Waals surface area contributed by atoms with Crippen molar-refractivity contribution in [3.63, 3.8) is 0 Å². The van der Waals surface area contributed by atoms with Gasteiger partial charge < -0.3 is 25.7 Å². The zero-order chi connectivity index (χ0) is 11.4. The molecule has 0 aromatic heterocycles. The Morgan fingerprint density at radius 2 is 1.93 bits per heavy atom. The van der Waals surface area contributed by atoms with E-state index in [4.69, 9.17) is 5.11 Å². The maximum atomic E-state index is 9.77. The largest absolute Gasteiger partial charge is 0.395 e. The van der Waals surface area contributed by atoms with E-state index in [-0.39, 0.29) is 6.61 Å². The van der Waals surface area contributed by atoms with E-state index >= 15 is 0 Å². The Labute approximate surface area is 89.7 Å². The Hall–Kier alpha value is -0.200. The van der Waals surface area contributed by atoms with Gasteiger partial charge in [-0.3, -0.25) is 0 Å². The zero-order valence-corrected chi connectivity index (χ0v) is 9.00. The molecule has 0 saturated carbocycles. The summed E-state index contributed by atoms with van der Waals surface area (Å²) in [6.07, 6.45) is -0.232. The maximum absolute atomic E-state index is 9.77. The second-order valence-electron chi connectivity index (χ2n) is 4.17. The van der Waals surface area contributed by atoms with Crippen molar-refractivity contribution in [1.82, 2.24) is 5.32 Å². The minimum atomic E-state index is -1.01. The van der Waals surface area contributed by atoms with Gasteiger partial charge in [0.05, 0.1) is 37.0 Å². The number of nitrogens with one attached hydrogen (secondary N) is 1. The van der Waals surface area contributed by atoms with E-state index in [1.165, 1.54) is 0 Å². The van der Waals surface area contributed by atoms with E-state index in [9.17, 15) is 15.3 Å². The van der Waals surface area contributed by atoms with Crippen LogP contribution < -0.4 is 5.32 Å². The minimum Gasteiger partial charge on any atom is -0.395 e. The normalized spacial score (nSPS) is 38.2. The summed E-state index contributed by atoms with van der Waals surface area (Å²) in [5, 5.41) is 40.7. The van der Waals surface area contributed by atoms with Crippen LogP contribution in [0.4, 0.5) is 0 Å². The molecule has 5 atom stereocenters. The highest BCUT2D eigenvalue weighted by molar-refractivity contribution is 5.00. The van der Waals surface area contributed by atoms with Crippen LogP contribution >= 0.6 is 0 Å². The summed E-state index contributed by atoms with van der Waals surface area (Å²) in [6, 6.07) is -1.08. The molecular formula is C10H21NO4. The lowest BCUT2D eigenvalue weighted by molar-refractivity contribution is -0.00435. The van der Waals surface area contributed by atoms with Crippen LogP contribution in [0.3, 0.4) is 0 Å². The Morgan fingerprint density at radius 3 is 2.40 bits per heavy atom. The molecule has 0 spiro atoms. The Morgan fingerprint density at radius 1 is 1.27 bits per heavy atom. The Balaban J connectivity index is 2.48. The first-order valence-corrected chi connectivity index (χ1v) is 5.53. The van der Waals surface area contributed by atoms with Gasteiger partial charge in [-0.2, -0.15) is 0 Å². The van der Waals surface area contributed by atoms with Gasteiger partial charge in [-0.25, -0.2) is 0 Å². The highest BCUT2D eigenvalue weighted by Gasteiger charge is 2.43. The van der Waals surface area contributed by atoms with Gasteiger partial charge >= 0.3 is 0 Å². The van der Waals surface area contributed by atoms with E-state index in [0.29, 0.717) is 6.42 Å². The second kappa shape index (κ2) is 5.77. The molecule has 15 heavy (non-hydrogen) atoms. The molecule has 1 rings (SSSR count). The molecule has 0 aromatic carbocycles. The monoisotopic (exact) mass is 219 g/mol. The van der Waals surface area contributed by atoms with Gasteiger partial charge in [-0.05, 0) is 6.42 Å². The molecule has 1 aliphatic heterocycles. The molecule has 0 aromatic rings. The topological polar surface area (TPSA) is 93.0 Å². The zero-order valence-electron chi connectivity index (χ0n) is 9.00. The molecule has 1 saturated heterocycles. The predicted molar refractivity (Wildman–Crippen MR) is 55.3 cm³/mol. The van der Waals surface area contributed by atoms with Crippen molar-refractivity contribution in [3.8, 4) is 0 Å². The first kappa shape index (κ1) is 12.9. The summed E-state index contributed by atoms with van der Waals surface area (Å²) >= 11 is 0. The second-order valence-corrected chi connectivity index (χ2v) is 4.17. The molecule has 1 heterocycles. The summed E-state index contributed by atoms with van der Waals surface area (Å²) in [4.78, 5) is 0. The van der Waals surface area contributed by atoms with Gasteiger partial charge in [0, 0.05) is 0 Å². The first-order chi connectivity index (χ1) is 7.11. The standard InChI is InChI=1S/C10H21NO4/c1-2-3-4-7(13)8-10(15)9(14)6(5-12)11-8/h6-15H,2-5H2,1H3.